The van der Waals surface area contributed by atoms with Crippen molar-refractivity contribution in [1.29, 1.82) is 0 Å². The predicted octanol–water partition coefficient (Wildman–Crippen LogP) is 1.80. The Hall–Kier alpha value is -2.93. The Balaban J connectivity index is 1.44. The Labute approximate surface area is 143 Å². The maximum Gasteiger partial charge on any atom is 0.224 e. The zero-order valence-electron chi connectivity index (χ0n) is 13.4. The second-order valence-corrected chi connectivity index (χ2v) is 5.61. The topological polar surface area (TPSA) is 87.2 Å². The number of hydrogen-bond acceptors (Lipinski definition) is 4. The number of nitrogens with zero attached hydrogens (tertiary/aromatic N) is 1. The van der Waals surface area contributed by atoms with E-state index in [9.17, 15) is 14.3 Å². The van der Waals surface area contributed by atoms with Gasteiger partial charge in [0.05, 0.1) is 6.42 Å². The summed E-state index contributed by atoms with van der Waals surface area (Å²) < 4.78 is 18.1. The summed E-state index contributed by atoms with van der Waals surface area (Å²) in [6.45, 7) is 0.0730. The number of aromatic amines is 1. The maximum atomic E-state index is 12.8. The number of pyridine rings is 1. The molecule has 0 fully saturated rings. The summed E-state index contributed by atoms with van der Waals surface area (Å²) in [6.07, 6.45) is 2.77. The number of halogens is 1. The van der Waals surface area contributed by atoms with Crippen molar-refractivity contribution < 1.29 is 19.0 Å². The first-order valence-electron chi connectivity index (χ1n) is 7.86. The van der Waals surface area contributed by atoms with E-state index in [2.05, 4.69) is 15.3 Å². The van der Waals surface area contributed by atoms with Gasteiger partial charge >= 0.3 is 0 Å². The van der Waals surface area contributed by atoms with Crippen molar-refractivity contribution in [2.24, 2.45) is 0 Å². The number of carbonyl (C=O) groups is 1. The third kappa shape index (κ3) is 4.54. The van der Waals surface area contributed by atoms with Crippen LogP contribution in [0.1, 0.15) is 5.56 Å². The first-order valence-corrected chi connectivity index (χ1v) is 7.86. The Bertz CT molecular complexity index is 848. The van der Waals surface area contributed by atoms with E-state index in [1.165, 1.54) is 24.3 Å². The van der Waals surface area contributed by atoms with Gasteiger partial charge in [-0.25, -0.2) is 9.37 Å². The van der Waals surface area contributed by atoms with Crippen LogP contribution in [0.4, 0.5) is 4.39 Å². The van der Waals surface area contributed by atoms with Gasteiger partial charge < -0.3 is 20.1 Å². The van der Waals surface area contributed by atoms with Crippen molar-refractivity contribution in [1.82, 2.24) is 15.3 Å². The molecule has 6 nitrogen and oxygen atoms in total. The summed E-state index contributed by atoms with van der Waals surface area (Å²) in [5, 5.41) is 13.5. The van der Waals surface area contributed by atoms with Crippen LogP contribution >= 0.6 is 0 Å². The third-order valence-corrected chi connectivity index (χ3v) is 3.68. The highest BCUT2D eigenvalue weighted by molar-refractivity contribution is 5.87. The number of carbonyl (C=O) groups excluding carboxylic acids is 1. The second kappa shape index (κ2) is 7.76. The molecule has 1 aromatic carbocycles. The predicted molar refractivity (Wildman–Crippen MR) is 90.7 cm³/mol. The van der Waals surface area contributed by atoms with E-state index >= 15 is 0 Å². The monoisotopic (exact) mass is 343 g/mol. The summed E-state index contributed by atoms with van der Waals surface area (Å²) >= 11 is 0. The fraction of sp³-hybridized carbons (Fsp3) is 0.222. The Morgan fingerprint density at radius 3 is 2.92 bits per heavy atom. The fourth-order valence-corrected chi connectivity index (χ4v) is 2.41. The summed E-state index contributed by atoms with van der Waals surface area (Å²) in [6, 6.07) is 9.22. The number of aromatic nitrogens is 2. The minimum atomic E-state index is -0.862. The van der Waals surface area contributed by atoms with E-state index < -0.39 is 6.10 Å². The molecule has 3 aromatic rings. The molecular formula is C18H18FN3O3. The van der Waals surface area contributed by atoms with Crippen LogP contribution < -0.4 is 10.1 Å². The number of H-pyrrole nitrogens is 1. The van der Waals surface area contributed by atoms with Crippen molar-refractivity contribution in [3.8, 4) is 5.75 Å². The number of amides is 1. The number of ether oxygens (including phenoxy) is 1. The van der Waals surface area contributed by atoms with Gasteiger partial charge in [0, 0.05) is 24.3 Å². The molecule has 3 N–H and O–H groups in total. The zero-order valence-corrected chi connectivity index (χ0v) is 13.4. The highest BCUT2D eigenvalue weighted by Gasteiger charge is 2.11. The van der Waals surface area contributed by atoms with Gasteiger partial charge in [0.15, 0.2) is 0 Å². The van der Waals surface area contributed by atoms with Crippen LogP contribution in [-0.2, 0) is 11.2 Å². The van der Waals surface area contributed by atoms with E-state index in [-0.39, 0.29) is 31.3 Å². The average Bonchev–Trinajstić information content (AvgIpc) is 3.02. The summed E-state index contributed by atoms with van der Waals surface area (Å²) in [5.41, 5.74) is 1.58. The number of benzene rings is 1. The molecule has 1 atom stereocenters. The van der Waals surface area contributed by atoms with Gasteiger partial charge in [-0.3, -0.25) is 4.79 Å². The van der Waals surface area contributed by atoms with E-state index in [4.69, 9.17) is 4.74 Å². The number of rotatable bonds is 7. The molecule has 0 aliphatic heterocycles. The van der Waals surface area contributed by atoms with E-state index in [0.29, 0.717) is 5.75 Å². The standard InChI is InChI=1S/C18H18FN3O3/c19-13-3-5-15(6-4-13)25-11-14(23)10-21-17(24)8-12-9-22-18-16(12)2-1-7-20-18/h1-7,9,14,23H,8,10-11H2,(H,20,22)(H,21,24). The van der Waals surface area contributed by atoms with E-state index in [1.54, 1.807) is 12.4 Å². The molecule has 0 saturated carbocycles. The molecule has 2 heterocycles. The largest absolute Gasteiger partial charge is 0.491 e. The molecule has 0 aliphatic rings. The Morgan fingerprint density at radius 1 is 1.32 bits per heavy atom. The molecule has 1 amide bonds. The average molecular weight is 343 g/mol. The van der Waals surface area contributed by atoms with Crippen LogP contribution in [0.15, 0.2) is 48.8 Å². The molecule has 25 heavy (non-hydrogen) atoms. The van der Waals surface area contributed by atoms with Crippen molar-refractivity contribution in [3.05, 3.63) is 60.2 Å². The van der Waals surface area contributed by atoms with Crippen molar-refractivity contribution >= 4 is 16.9 Å². The van der Waals surface area contributed by atoms with Gasteiger partial charge in [-0.2, -0.15) is 0 Å². The number of hydrogen-bond donors (Lipinski definition) is 3. The summed E-state index contributed by atoms with van der Waals surface area (Å²) in [4.78, 5) is 19.2. The molecule has 7 heteroatoms. The lowest BCUT2D eigenvalue weighted by molar-refractivity contribution is -0.120. The van der Waals surface area contributed by atoms with E-state index in [1.807, 2.05) is 12.1 Å². The summed E-state index contributed by atoms with van der Waals surface area (Å²) in [5.74, 6) is -0.101. The smallest absolute Gasteiger partial charge is 0.224 e. The maximum absolute atomic E-state index is 12.8. The molecule has 0 bridgehead atoms. The van der Waals surface area contributed by atoms with Crippen molar-refractivity contribution in [3.63, 3.8) is 0 Å². The van der Waals surface area contributed by atoms with Crippen LogP contribution in [0.3, 0.4) is 0 Å². The van der Waals surface area contributed by atoms with Crippen LogP contribution in [-0.4, -0.2) is 40.2 Å². The van der Waals surface area contributed by atoms with Gasteiger partial charge in [-0.15, -0.1) is 0 Å². The first kappa shape index (κ1) is 16.9. The number of nitrogens with one attached hydrogen (secondary N) is 2. The fourth-order valence-electron chi connectivity index (χ4n) is 2.41. The van der Waals surface area contributed by atoms with Gasteiger partial charge in [-0.1, -0.05) is 0 Å². The quantitative estimate of drug-likeness (QED) is 0.610. The summed E-state index contributed by atoms with van der Waals surface area (Å²) in [7, 11) is 0. The highest BCUT2D eigenvalue weighted by Crippen LogP contribution is 2.16. The zero-order chi connectivity index (χ0) is 17.6. The van der Waals surface area contributed by atoms with Crippen molar-refractivity contribution in [2.45, 2.75) is 12.5 Å². The van der Waals surface area contributed by atoms with Crippen LogP contribution in [0.25, 0.3) is 11.0 Å². The van der Waals surface area contributed by atoms with Crippen LogP contribution in [0.2, 0.25) is 0 Å². The van der Waals surface area contributed by atoms with Gasteiger partial charge in [0.25, 0.3) is 0 Å². The lowest BCUT2D eigenvalue weighted by Gasteiger charge is -2.13. The molecule has 0 saturated heterocycles. The minimum Gasteiger partial charge on any atom is -0.491 e. The highest BCUT2D eigenvalue weighted by atomic mass is 19.1. The molecule has 3 rings (SSSR count). The second-order valence-electron chi connectivity index (χ2n) is 5.61. The lowest BCUT2D eigenvalue weighted by atomic mass is 10.1. The van der Waals surface area contributed by atoms with Gasteiger partial charge in [-0.05, 0) is 42.0 Å². The molecule has 0 radical (unpaired) electrons. The van der Waals surface area contributed by atoms with Gasteiger partial charge in [0.1, 0.15) is 29.9 Å². The Morgan fingerprint density at radius 2 is 2.12 bits per heavy atom. The SMILES string of the molecule is O=C(Cc1c[nH]c2ncccc12)NCC(O)COc1ccc(F)cc1. The Kier molecular flexibility index (Phi) is 5.25. The molecule has 0 aliphatic carbocycles. The number of fused-ring (bicyclic) bond motifs is 1. The third-order valence-electron chi connectivity index (χ3n) is 3.68. The molecule has 2 aromatic heterocycles. The number of aliphatic hydroxyl groups excluding tert-OH is 1. The molecule has 1 unspecified atom stereocenters. The van der Waals surface area contributed by atoms with Gasteiger partial charge in [0.2, 0.25) is 5.91 Å². The lowest BCUT2D eigenvalue weighted by Crippen LogP contribution is -2.36. The normalized spacial score (nSPS) is 12.1. The van der Waals surface area contributed by atoms with Crippen LogP contribution in [0.5, 0.6) is 5.75 Å². The number of aliphatic hydroxyl groups is 1. The molecular weight excluding hydrogens is 325 g/mol. The van der Waals surface area contributed by atoms with Crippen molar-refractivity contribution in [2.75, 3.05) is 13.2 Å². The molecule has 130 valence electrons. The first-order chi connectivity index (χ1) is 12.1. The van der Waals surface area contributed by atoms with Crippen LogP contribution in [0, 0.1) is 5.82 Å². The van der Waals surface area contributed by atoms with E-state index in [0.717, 1.165) is 16.6 Å². The molecule has 0 spiro atoms. The minimum absolute atomic E-state index is 0.00289.